The molecule has 4 aromatic rings. The van der Waals surface area contributed by atoms with E-state index in [9.17, 15) is 18.4 Å². The van der Waals surface area contributed by atoms with E-state index in [0.717, 1.165) is 12.1 Å². The van der Waals surface area contributed by atoms with Gasteiger partial charge in [-0.2, -0.15) is 0 Å². The van der Waals surface area contributed by atoms with Gasteiger partial charge in [0.15, 0.2) is 11.6 Å². The van der Waals surface area contributed by atoms with Gasteiger partial charge in [0.05, 0.1) is 35.7 Å². The maximum atomic E-state index is 14.0. The summed E-state index contributed by atoms with van der Waals surface area (Å²) in [6.45, 7) is 0.238. The first-order valence-corrected chi connectivity index (χ1v) is 10.2. The number of H-pyrrole nitrogens is 2. The largest absolute Gasteiger partial charge is 0.373 e. The van der Waals surface area contributed by atoms with Crippen LogP contribution in [0.25, 0.3) is 21.8 Å². The van der Waals surface area contributed by atoms with E-state index in [1.165, 1.54) is 4.90 Å². The average molecular weight is 489 g/mol. The summed E-state index contributed by atoms with van der Waals surface area (Å²) in [5.74, 6) is -2.51. The van der Waals surface area contributed by atoms with Crippen LogP contribution in [0.5, 0.6) is 0 Å². The van der Waals surface area contributed by atoms with Gasteiger partial charge in [0.25, 0.3) is 11.5 Å². The number of rotatable bonds is 2. The van der Waals surface area contributed by atoms with Crippen molar-refractivity contribution in [1.29, 1.82) is 0 Å². The second kappa shape index (κ2) is 7.24. The van der Waals surface area contributed by atoms with Gasteiger partial charge in [-0.25, -0.2) is 13.8 Å². The van der Waals surface area contributed by atoms with Gasteiger partial charge in [-0.1, -0.05) is 0 Å². The number of nitrogens with one attached hydrogen (secondary N) is 2. The fourth-order valence-corrected chi connectivity index (χ4v) is 4.30. The number of aromatic amines is 2. The van der Waals surface area contributed by atoms with Crippen molar-refractivity contribution in [3.8, 4) is 0 Å². The molecule has 1 aliphatic rings. The van der Waals surface area contributed by atoms with Gasteiger partial charge in [0.2, 0.25) is 0 Å². The minimum absolute atomic E-state index is 0.0186. The molecule has 0 unspecified atom stereocenters. The maximum absolute atomic E-state index is 14.0. The number of carbonyl (C=O) groups is 1. The monoisotopic (exact) mass is 488 g/mol. The Morgan fingerprint density at radius 3 is 2.71 bits per heavy atom. The molecule has 2 N–H and O–H groups in total. The fourth-order valence-electron chi connectivity index (χ4n) is 3.98. The smallest absolute Gasteiger partial charge is 0.270 e. The number of hydrogen-bond acceptors (Lipinski definition) is 4. The zero-order chi connectivity index (χ0) is 21.9. The molecule has 0 bridgehead atoms. The van der Waals surface area contributed by atoms with Crippen LogP contribution in [0.4, 0.5) is 8.78 Å². The van der Waals surface area contributed by atoms with Crippen molar-refractivity contribution in [2.75, 3.05) is 13.7 Å². The summed E-state index contributed by atoms with van der Waals surface area (Å²) in [6, 6.07) is 6.46. The van der Waals surface area contributed by atoms with Crippen molar-refractivity contribution in [2.24, 2.45) is 0 Å². The first kappa shape index (κ1) is 19.8. The number of pyridine rings is 2. The summed E-state index contributed by atoms with van der Waals surface area (Å²) in [6.07, 6.45) is 0. The van der Waals surface area contributed by atoms with Crippen molar-refractivity contribution in [2.45, 2.75) is 12.6 Å². The highest BCUT2D eigenvalue weighted by Gasteiger charge is 2.32. The van der Waals surface area contributed by atoms with E-state index >= 15 is 0 Å². The summed E-state index contributed by atoms with van der Waals surface area (Å²) in [4.78, 5) is 37.1. The number of fused-ring (bicyclic) bond motifs is 4. The van der Waals surface area contributed by atoms with Gasteiger partial charge >= 0.3 is 0 Å². The van der Waals surface area contributed by atoms with Crippen molar-refractivity contribution in [1.82, 2.24) is 19.9 Å². The van der Waals surface area contributed by atoms with Gasteiger partial charge in [-0.15, -0.1) is 0 Å². The molecule has 0 radical (unpaired) electrons. The van der Waals surface area contributed by atoms with Crippen molar-refractivity contribution >= 4 is 43.6 Å². The molecular formula is C21H15BrF2N4O3. The Bertz CT molecular complexity index is 1430. The van der Waals surface area contributed by atoms with Crippen LogP contribution < -0.4 is 5.56 Å². The van der Waals surface area contributed by atoms with E-state index in [1.54, 1.807) is 25.2 Å². The Kier molecular flexibility index (Phi) is 4.63. The van der Waals surface area contributed by atoms with Gasteiger partial charge in [0.1, 0.15) is 10.3 Å². The lowest BCUT2D eigenvalue weighted by molar-refractivity contribution is 0.0333. The summed E-state index contributed by atoms with van der Waals surface area (Å²) in [5, 5.41) is 0.276. The molecule has 31 heavy (non-hydrogen) atoms. The molecule has 3 aromatic heterocycles. The zero-order valence-electron chi connectivity index (χ0n) is 16.1. The summed E-state index contributed by atoms with van der Waals surface area (Å²) < 4.78 is 34.0. The van der Waals surface area contributed by atoms with Crippen molar-refractivity contribution in [3.63, 3.8) is 0 Å². The Labute approximate surface area is 182 Å². The van der Waals surface area contributed by atoms with Crippen LogP contribution >= 0.6 is 15.9 Å². The highest BCUT2D eigenvalue weighted by Crippen LogP contribution is 2.34. The number of ether oxygens (including phenoxy) is 1. The molecule has 0 saturated heterocycles. The van der Waals surface area contributed by atoms with E-state index in [-0.39, 0.29) is 29.9 Å². The molecule has 4 heterocycles. The third-order valence-electron chi connectivity index (χ3n) is 5.50. The van der Waals surface area contributed by atoms with Crippen LogP contribution in [-0.2, 0) is 11.3 Å². The minimum Gasteiger partial charge on any atom is -0.373 e. The Hall–Kier alpha value is -3.11. The number of halogens is 3. The van der Waals surface area contributed by atoms with Crippen molar-refractivity contribution < 1.29 is 18.3 Å². The molecule has 1 aliphatic heterocycles. The van der Waals surface area contributed by atoms with Gasteiger partial charge in [-0.05, 0) is 51.6 Å². The molecule has 7 nitrogen and oxygen atoms in total. The van der Waals surface area contributed by atoms with Crippen molar-refractivity contribution in [3.05, 3.63) is 73.9 Å². The molecular weight excluding hydrogens is 474 g/mol. The minimum atomic E-state index is -1.11. The molecule has 0 fully saturated rings. The molecule has 0 saturated carbocycles. The number of amides is 1. The van der Waals surface area contributed by atoms with Gasteiger partial charge < -0.3 is 19.6 Å². The first-order valence-electron chi connectivity index (χ1n) is 9.37. The second-order valence-electron chi connectivity index (χ2n) is 7.36. The van der Waals surface area contributed by atoms with Crippen LogP contribution in [0.15, 0.2) is 39.7 Å². The third kappa shape index (κ3) is 3.22. The molecule has 10 heteroatoms. The highest BCUT2D eigenvalue weighted by atomic mass is 79.9. The quantitative estimate of drug-likeness (QED) is 0.420. The second-order valence-corrected chi connectivity index (χ2v) is 8.17. The predicted molar refractivity (Wildman–Crippen MR) is 113 cm³/mol. The standard InChI is InChI=1S/C21H15BrF2N4O3/c1-28(21(30)15-6-14-13(25-15)2-3-18(22)26-14)17-8-31-7-16-19(17)9-4-11(23)12(24)5-10(9)20(29)27-16/h2-6,17,25H,7-8H2,1H3,(H,27,29)/t17-/m1/s1. The lowest BCUT2D eigenvalue weighted by Gasteiger charge is -2.33. The Morgan fingerprint density at radius 1 is 1.19 bits per heavy atom. The summed E-state index contributed by atoms with van der Waals surface area (Å²) >= 11 is 3.30. The predicted octanol–water partition coefficient (Wildman–Crippen LogP) is 3.79. The Balaban J connectivity index is 1.61. The number of benzene rings is 1. The highest BCUT2D eigenvalue weighted by molar-refractivity contribution is 9.10. The molecule has 1 atom stereocenters. The van der Waals surface area contributed by atoms with E-state index in [1.807, 2.05) is 0 Å². The van der Waals surface area contributed by atoms with E-state index in [4.69, 9.17) is 4.74 Å². The van der Waals surface area contributed by atoms with Crippen LogP contribution in [0.2, 0.25) is 0 Å². The lowest BCUT2D eigenvalue weighted by Crippen LogP contribution is -2.37. The Morgan fingerprint density at radius 2 is 1.94 bits per heavy atom. The van der Waals surface area contributed by atoms with E-state index in [2.05, 4.69) is 30.9 Å². The first-order chi connectivity index (χ1) is 14.8. The average Bonchev–Trinajstić information content (AvgIpc) is 3.17. The van der Waals surface area contributed by atoms with E-state index < -0.39 is 23.2 Å². The molecule has 0 spiro atoms. The fraction of sp³-hybridized carbons (Fsp3) is 0.190. The zero-order valence-corrected chi connectivity index (χ0v) is 17.7. The van der Waals surface area contributed by atoms with Crippen LogP contribution in [0.1, 0.15) is 27.8 Å². The maximum Gasteiger partial charge on any atom is 0.270 e. The normalized spacial score (nSPS) is 15.9. The SMILES string of the molecule is CN(C(=O)c1cc2nc(Br)ccc2[nH]1)[C@@H]1COCc2[nH]c(=O)c3cc(F)c(F)cc3c21. The summed E-state index contributed by atoms with van der Waals surface area (Å²) in [7, 11) is 1.59. The number of likely N-dealkylation sites (N-methyl/N-ethyl adjacent to an activating group) is 1. The number of aromatic nitrogens is 3. The summed E-state index contributed by atoms with van der Waals surface area (Å²) in [5.41, 5.74) is 2.07. The lowest BCUT2D eigenvalue weighted by atomic mass is 9.95. The molecule has 5 rings (SSSR count). The van der Waals surface area contributed by atoms with Crippen LogP contribution in [-0.4, -0.2) is 39.4 Å². The van der Waals surface area contributed by atoms with E-state index in [0.29, 0.717) is 32.6 Å². The van der Waals surface area contributed by atoms with Crippen LogP contribution in [0, 0.1) is 11.6 Å². The topological polar surface area (TPSA) is 91.1 Å². The molecule has 158 valence electrons. The third-order valence-corrected chi connectivity index (χ3v) is 5.94. The number of hydrogen-bond donors (Lipinski definition) is 2. The molecule has 1 amide bonds. The van der Waals surface area contributed by atoms with Gasteiger partial charge in [-0.3, -0.25) is 9.59 Å². The molecule has 0 aliphatic carbocycles. The molecule has 1 aromatic carbocycles. The number of nitrogens with zero attached hydrogens (tertiary/aromatic N) is 2. The van der Waals surface area contributed by atoms with Crippen LogP contribution in [0.3, 0.4) is 0 Å². The van der Waals surface area contributed by atoms with Gasteiger partial charge in [0, 0.05) is 18.3 Å². The number of carbonyl (C=O) groups excluding carboxylic acids is 1.